The zero-order chi connectivity index (χ0) is 13.2. The summed E-state index contributed by atoms with van der Waals surface area (Å²) in [5, 5.41) is 12.8. The minimum atomic E-state index is -1.09. The second-order valence-corrected chi connectivity index (χ2v) is 5.50. The van der Waals surface area contributed by atoms with E-state index in [1.165, 1.54) is 6.07 Å². The Hall–Kier alpha value is -1.79. The fourth-order valence-corrected chi connectivity index (χ4v) is 2.88. The Kier molecular flexibility index (Phi) is 3.27. The average molecular weight is 277 g/mol. The van der Waals surface area contributed by atoms with Crippen LogP contribution in [0.5, 0.6) is 0 Å². The van der Waals surface area contributed by atoms with E-state index in [1.54, 1.807) is 11.8 Å². The molecule has 0 amide bonds. The van der Waals surface area contributed by atoms with Gasteiger partial charge in [-0.1, -0.05) is 17.3 Å². The largest absolute Gasteiger partial charge is 0.476 e. The molecule has 1 fully saturated rings. The topological polar surface area (TPSA) is 72.6 Å². The Balaban J connectivity index is 1.91. The molecule has 0 unspecified atom stereocenters. The Morgan fingerprint density at radius 3 is 2.79 bits per heavy atom. The van der Waals surface area contributed by atoms with Crippen molar-refractivity contribution < 1.29 is 19.2 Å². The van der Waals surface area contributed by atoms with Crippen molar-refractivity contribution in [2.45, 2.75) is 10.1 Å². The van der Waals surface area contributed by atoms with Crippen molar-refractivity contribution in [3.8, 4) is 11.3 Å². The van der Waals surface area contributed by atoms with Gasteiger partial charge in [-0.15, -0.1) is 11.8 Å². The number of carboxylic acid groups (broad SMARTS) is 1. The van der Waals surface area contributed by atoms with Gasteiger partial charge in [0.25, 0.3) is 0 Å². The van der Waals surface area contributed by atoms with Crippen LogP contribution in [0.2, 0.25) is 0 Å². The highest BCUT2D eigenvalue weighted by molar-refractivity contribution is 8.00. The number of nitrogens with zero attached hydrogens (tertiary/aromatic N) is 1. The number of ether oxygens (including phenoxy) is 1. The summed E-state index contributed by atoms with van der Waals surface area (Å²) in [6, 6.07) is 9.16. The van der Waals surface area contributed by atoms with Crippen molar-refractivity contribution in [2.75, 3.05) is 13.2 Å². The third-order valence-electron chi connectivity index (χ3n) is 2.78. The van der Waals surface area contributed by atoms with E-state index < -0.39 is 5.97 Å². The molecule has 0 saturated carbocycles. The molecule has 0 spiro atoms. The molecule has 1 N–H and O–H groups in total. The quantitative estimate of drug-likeness (QED) is 0.925. The maximum absolute atomic E-state index is 10.8. The molecular formula is C13H11NO4S. The van der Waals surface area contributed by atoms with Gasteiger partial charge in [-0.25, -0.2) is 4.79 Å². The van der Waals surface area contributed by atoms with Crippen LogP contribution in [0.4, 0.5) is 0 Å². The summed E-state index contributed by atoms with van der Waals surface area (Å²) in [5.41, 5.74) is 0.779. The number of aromatic carboxylic acids is 1. The van der Waals surface area contributed by atoms with Crippen LogP contribution in [0.1, 0.15) is 10.5 Å². The molecule has 5 nitrogen and oxygen atoms in total. The van der Waals surface area contributed by atoms with Gasteiger partial charge in [0, 0.05) is 16.5 Å². The monoisotopic (exact) mass is 277 g/mol. The number of aromatic nitrogens is 1. The highest BCUT2D eigenvalue weighted by Crippen LogP contribution is 2.36. The van der Waals surface area contributed by atoms with E-state index >= 15 is 0 Å². The Morgan fingerprint density at radius 2 is 2.16 bits per heavy atom. The molecule has 19 heavy (non-hydrogen) atoms. The molecule has 0 atom stereocenters. The van der Waals surface area contributed by atoms with Gasteiger partial charge in [0.05, 0.1) is 18.5 Å². The first-order valence-corrected chi connectivity index (χ1v) is 6.66. The summed E-state index contributed by atoms with van der Waals surface area (Å²) >= 11 is 1.71. The summed E-state index contributed by atoms with van der Waals surface area (Å²) < 4.78 is 10.3. The minimum Gasteiger partial charge on any atom is -0.476 e. The zero-order valence-electron chi connectivity index (χ0n) is 9.91. The van der Waals surface area contributed by atoms with E-state index in [1.807, 2.05) is 24.3 Å². The van der Waals surface area contributed by atoms with Gasteiger partial charge >= 0.3 is 5.97 Å². The van der Waals surface area contributed by atoms with Crippen molar-refractivity contribution in [3.05, 3.63) is 36.0 Å². The molecule has 2 heterocycles. The SMILES string of the molecule is O=C(O)c1cc(-c2ccccc2SC2COC2)on1. The average Bonchev–Trinajstić information content (AvgIpc) is 2.84. The number of carbonyl (C=O) groups is 1. The molecule has 0 aliphatic carbocycles. The van der Waals surface area contributed by atoms with E-state index in [9.17, 15) is 4.79 Å². The van der Waals surface area contributed by atoms with Gasteiger partial charge in [0.15, 0.2) is 11.5 Å². The molecule has 2 aromatic rings. The van der Waals surface area contributed by atoms with Gasteiger partial charge in [-0.3, -0.25) is 0 Å². The molecule has 6 heteroatoms. The van der Waals surface area contributed by atoms with Crippen LogP contribution in [0.15, 0.2) is 39.8 Å². The van der Waals surface area contributed by atoms with Crippen LogP contribution in [0.25, 0.3) is 11.3 Å². The highest BCUT2D eigenvalue weighted by atomic mass is 32.2. The van der Waals surface area contributed by atoms with Crippen LogP contribution in [0.3, 0.4) is 0 Å². The first-order chi connectivity index (χ1) is 9.24. The van der Waals surface area contributed by atoms with Crippen LogP contribution >= 0.6 is 11.8 Å². The van der Waals surface area contributed by atoms with Crippen molar-refractivity contribution in [3.63, 3.8) is 0 Å². The lowest BCUT2D eigenvalue weighted by molar-refractivity contribution is 0.0455. The summed E-state index contributed by atoms with van der Waals surface area (Å²) in [7, 11) is 0. The summed E-state index contributed by atoms with van der Waals surface area (Å²) in [6.45, 7) is 1.49. The number of hydrogen-bond donors (Lipinski definition) is 1. The van der Waals surface area contributed by atoms with Gasteiger partial charge in [0.1, 0.15) is 0 Å². The van der Waals surface area contributed by atoms with E-state index in [0.29, 0.717) is 11.0 Å². The van der Waals surface area contributed by atoms with E-state index in [0.717, 1.165) is 23.7 Å². The minimum absolute atomic E-state index is 0.0817. The highest BCUT2D eigenvalue weighted by Gasteiger charge is 2.22. The zero-order valence-corrected chi connectivity index (χ0v) is 10.7. The normalized spacial score (nSPS) is 15.2. The number of thioether (sulfide) groups is 1. The number of hydrogen-bond acceptors (Lipinski definition) is 5. The molecule has 0 bridgehead atoms. The molecule has 1 aliphatic heterocycles. The lowest BCUT2D eigenvalue weighted by Gasteiger charge is -2.25. The smallest absolute Gasteiger partial charge is 0.358 e. The maximum atomic E-state index is 10.8. The van der Waals surface area contributed by atoms with Crippen LogP contribution < -0.4 is 0 Å². The van der Waals surface area contributed by atoms with Crippen molar-refractivity contribution in [2.24, 2.45) is 0 Å². The molecule has 3 rings (SSSR count). The standard InChI is InChI=1S/C13H11NO4S/c15-13(16)10-5-11(18-14-10)9-3-1-2-4-12(9)19-8-6-17-7-8/h1-5,8H,6-7H2,(H,15,16). The molecule has 0 radical (unpaired) electrons. The van der Waals surface area contributed by atoms with Gasteiger partial charge in [-0.2, -0.15) is 0 Å². The summed E-state index contributed by atoms with van der Waals surface area (Å²) in [5.74, 6) is -0.617. The molecule has 1 aromatic heterocycles. The van der Waals surface area contributed by atoms with Crippen molar-refractivity contribution in [1.29, 1.82) is 0 Å². The van der Waals surface area contributed by atoms with Crippen molar-refractivity contribution >= 4 is 17.7 Å². The lowest BCUT2D eigenvalue weighted by Crippen LogP contribution is -2.30. The lowest BCUT2D eigenvalue weighted by atomic mass is 10.1. The van der Waals surface area contributed by atoms with E-state index in [4.69, 9.17) is 14.4 Å². The number of rotatable bonds is 4. The molecule has 1 aromatic carbocycles. The van der Waals surface area contributed by atoms with Gasteiger partial charge in [-0.05, 0) is 12.1 Å². The third-order valence-corrected chi connectivity index (χ3v) is 4.00. The second-order valence-electron chi connectivity index (χ2n) is 4.16. The Bertz CT molecular complexity index is 606. The second kappa shape index (κ2) is 5.07. The van der Waals surface area contributed by atoms with Gasteiger partial charge < -0.3 is 14.4 Å². The predicted octanol–water partition coefficient (Wildman–Crippen LogP) is 2.53. The molecule has 1 saturated heterocycles. The van der Waals surface area contributed by atoms with E-state index in [2.05, 4.69) is 5.16 Å². The summed E-state index contributed by atoms with van der Waals surface area (Å²) in [6.07, 6.45) is 0. The van der Waals surface area contributed by atoms with E-state index in [-0.39, 0.29) is 5.69 Å². The maximum Gasteiger partial charge on any atom is 0.358 e. The molecule has 98 valence electrons. The predicted molar refractivity (Wildman–Crippen MR) is 69.4 cm³/mol. The third kappa shape index (κ3) is 2.50. The van der Waals surface area contributed by atoms with Crippen LogP contribution in [-0.2, 0) is 4.74 Å². The van der Waals surface area contributed by atoms with Crippen LogP contribution in [-0.4, -0.2) is 34.7 Å². The van der Waals surface area contributed by atoms with Gasteiger partial charge in [0.2, 0.25) is 0 Å². The fraction of sp³-hybridized carbons (Fsp3) is 0.231. The Morgan fingerprint density at radius 1 is 1.37 bits per heavy atom. The molecule has 1 aliphatic rings. The first-order valence-electron chi connectivity index (χ1n) is 5.78. The fourth-order valence-electron chi connectivity index (χ4n) is 1.74. The molecular weight excluding hydrogens is 266 g/mol. The Labute approximate surface area is 113 Å². The van der Waals surface area contributed by atoms with Crippen molar-refractivity contribution in [1.82, 2.24) is 5.16 Å². The number of carboxylic acids is 1. The summed E-state index contributed by atoms with van der Waals surface area (Å²) in [4.78, 5) is 11.9. The van der Waals surface area contributed by atoms with Crippen LogP contribution in [0, 0.1) is 0 Å². The number of benzene rings is 1. The first kappa shape index (κ1) is 12.3.